The van der Waals surface area contributed by atoms with Crippen molar-refractivity contribution in [2.24, 2.45) is 0 Å². The van der Waals surface area contributed by atoms with E-state index in [1.54, 1.807) is 12.4 Å². The number of nitrogens with one attached hydrogen (secondary N) is 2. The lowest BCUT2D eigenvalue weighted by molar-refractivity contribution is 0.600. The van der Waals surface area contributed by atoms with Crippen molar-refractivity contribution in [3.8, 4) is 0 Å². The van der Waals surface area contributed by atoms with Gasteiger partial charge in [0.05, 0.1) is 29.5 Å². The number of aromatic nitrogens is 1. The summed E-state index contributed by atoms with van der Waals surface area (Å²) in [4.78, 5) is 4.12. The summed E-state index contributed by atoms with van der Waals surface area (Å²) in [5.41, 5.74) is 1.88. The van der Waals surface area contributed by atoms with Crippen LogP contribution in [0.15, 0.2) is 18.5 Å². The molecule has 102 valence electrons. The second-order valence-electron chi connectivity index (χ2n) is 4.30. The molecule has 0 saturated heterocycles. The van der Waals surface area contributed by atoms with Gasteiger partial charge in [0.25, 0.3) is 0 Å². The van der Waals surface area contributed by atoms with E-state index in [1.165, 1.54) is 6.26 Å². The van der Waals surface area contributed by atoms with Crippen LogP contribution in [0.2, 0.25) is 0 Å². The molecule has 1 heterocycles. The predicted molar refractivity (Wildman–Crippen MR) is 75.8 cm³/mol. The highest BCUT2D eigenvalue weighted by atomic mass is 32.2. The van der Waals surface area contributed by atoms with Gasteiger partial charge >= 0.3 is 0 Å². The van der Waals surface area contributed by atoms with E-state index in [1.807, 2.05) is 6.07 Å². The summed E-state index contributed by atoms with van der Waals surface area (Å²) in [5, 5.41) is 6.42. The maximum Gasteiger partial charge on any atom is 0.147 e. The maximum absolute atomic E-state index is 11.0. The number of rotatable bonds is 8. The van der Waals surface area contributed by atoms with Crippen molar-refractivity contribution in [3.05, 3.63) is 18.5 Å². The van der Waals surface area contributed by atoms with Gasteiger partial charge in [0.15, 0.2) is 0 Å². The van der Waals surface area contributed by atoms with Gasteiger partial charge in [0.1, 0.15) is 9.84 Å². The van der Waals surface area contributed by atoms with Crippen LogP contribution in [0, 0.1) is 0 Å². The molecule has 0 bridgehead atoms. The Morgan fingerprint density at radius 3 is 2.33 bits per heavy atom. The van der Waals surface area contributed by atoms with Gasteiger partial charge in [-0.05, 0) is 18.9 Å². The summed E-state index contributed by atoms with van der Waals surface area (Å²) >= 11 is 0. The molecule has 0 amide bonds. The smallest absolute Gasteiger partial charge is 0.147 e. The Bertz CT molecular complexity index is 460. The predicted octanol–water partition coefficient (Wildman–Crippen LogP) is 1.75. The van der Waals surface area contributed by atoms with Gasteiger partial charge in [-0.25, -0.2) is 8.42 Å². The maximum atomic E-state index is 11.0. The second kappa shape index (κ2) is 7.20. The van der Waals surface area contributed by atoms with Crippen LogP contribution >= 0.6 is 0 Å². The SMILES string of the molecule is CCCNc1cncc(NCCCS(C)(=O)=O)c1. The number of hydrogen-bond acceptors (Lipinski definition) is 5. The lowest BCUT2D eigenvalue weighted by atomic mass is 10.3. The first-order valence-corrected chi connectivity index (χ1v) is 8.18. The zero-order valence-electron chi connectivity index (χ0n) is 10.9. The molecule has 0 saturated carbocycles. The van der Waals surface area contributed by atoms with Gasteiger partial charge in [0, 0.05) is 19.3 Å². The van der Waals surface area contributed by atoms with Crippen LogP contribution in [-0.4, -0.2) is 38.5 Å². The zero-order chi connectivity index (χ0) is 13.4. The Balaban J connectivity index is 2.38. The van der Waals surface area contributed by atoms with E-state index in [4.69, 9.17) is 0 Å². The van der Waals surface area contributed by atoms with Crippen LogP contribution < -0.4 is 10.6 Å². The van der Waals surface area contributed by atoms with Crippen molar-refractivity contribution >= 4 is 21.2 Å². The molecule has 0 aliphatic rings. The molecule has 6 heteroatoms. The van der Waals surface area contributed by atoms with E-state index < -0.39 is 9.84 Å². The van der Waals surface area contributed by atoms with Crippen molar-refractivity contribution in [2.45, 2.75) is 19.8 Å². The highest BCUT2D eigenvalue weighted by Crippen LogP contribution is 2.12. The second-order valence-corrected chi connectivity index (χ2v) is 6.56. The summed E-state index contributed by atoms with van der Waals surface area (Å²) in [5.74, 6) is 0.210. The quantitative estimate of drug-likeness (QED) is 0.705. The summed E-state index contributed by atoms with van der Waals surface area (Å²) in [6, 6.07) is 1.98. The van der Waals surface area contributed by atoms with E-state index in [-0.39, 0.29) is 5.75 Å². The average Bonchev–Trinajstić information content (AvgIpc) is 2.31. The molecule has 0 unspecified atom stereocenters. The third-order valence-corrected chi connectivity index (χ3v) is 3.37. The lowest BCUT2D eigenvalue weighted by Gasteiger charge is -2.08. The highest BCUT2D eigenvalue weighted by molar-refractivity contribution is 7.90. The normalized spacial score (nSPS) is 11.2. The molecular formula is C12H21N3O2S. The standard InChI is InChI=1S/C12H21N3O2S/c1-3-5-14-11-8-12(10-13-9-11)15-6-4-7-18(2,16)17/h8-10,14-15H,3-7H2,1-2H3. The van der Waals surface area contributed by atoms with Crippen LogP contribution in [0.1, 0.15) is 19.8 Å². The Morgan fingerprint density at radius 1 is 1.17 bits per heavy atom. The van der Waals surface area contributed by atoms with Crippen molar-refractivity contribution in [2.75, 3.05) is 35.7 Å². The van der Waals surface area contributed by atoms with Crippen LogP contribution in [0.25, 0.3) is 0 Å². The third kappa shape index (κ3) is 6.44. The van der Waals surface area contributed by atoms with Crippen LogP contribution in [0.3, 0.4) is 0 Å². The monoisotopic (exact) mass is 271 g/mol. The molecule has 0 aliphatic carbocycles. The topological polar surface area (TPSA) is 71.1 Å². The largest absolute Gasteiger partial charge is 0.384 e. The van der Waals surface area contributed by atoms with Crippen molar-refractivity contribution in [3.63, 3.8) is 0 Å². The Labute approximate surface area is 109 Å². The first-order chi connectivity index (χ1) is 8.51. The van der Waals surface area contributed by atoms with Gasteiger partial charge in [-0.1, -0.05) is 6.92 Å². The molecule has 0 aliphatic heterocycles. The van der Waals surface area contributed by atoms with Crippen molar-refractivity contribution in [1.82, 2.24) is 4.98 Å². The lowest BCUT2D eigenvalue weighted by Crippen LogP contribution is -2.10. The molecule has 0 fully saturated rings. The van der Waals surface area contributed by atoms with Gasteiger partial charge in [0.2, 0.25) is 0 Å². The van der Waals surface area contributed by atoms with Crippen LogP contribution in [0.4, 0.5) is 11.4 Å². The molecule has 5 nitrogen and oxygen atoms in total. The third-order valence-electron chi connectivity index (χ3n) is 2.34. The molecule has 0 spiro atoms. The average molecular weight is 271 g/mol. The fraction of sp³-hybridized carbons (Fsp3) is 0.583. The Morgan fingerprint density at radius 2 is 1.78 bits per heavy atom. The summed E-state index contributed by atoms with van der Waals surface area (Å²) < 4.78 is 21.9. The number of pyridine rings is 1. The molecular weight excluding hydrogens is 250 g/mol. The van der Waals surface area contributed by atoms with E-state index in [0.717, 1.165) is 24.3 Å². The van der Waals surface area contributed by atoms with Crippen molar-refractivity contribution in [1.29, 1.82) is 0 Å². The number of sulfone groups is 1. The van der Waals surface area contributed by atoms with Gasteiger partial charge in [-0.2, -0.15) is 0 Å². The van der Waals surface area contributed by atoms with Crippen molar-refractivity contribution < 1.29 is 8.42 Å². The molecule has 2 N–H and O–H groups in total. The minimum atomic E-state index is -2.87. The Hall–Kier alpha value is -1.30. The van der Waals surface area contributed by atoms with Gasteiger partial charge in [-0.15, -0.1) is 0 Å². The Kier molecular flexibility index (Phi) is 5.91. The fourth-order valence-electron chi connectivity index (χ4n) is 1.47. The molecule has 1 aromatic rings. The summed E-state index contributed by atoms with van der Waals surface area (Å²) in [6.07, 6.45) is 6.43. The minimum Gasteiger partial charge on any atom is -0.384 e. The zero-order valence-corrected chi connectivity index (χ0v) is 11.8. The first kappa shape index (κ1) is 14.8. The van der Waals surface area contributed by atoms with E-state index in [0.29, 0.717) is 13.0 Å². The highest BCUT2D eigenvalue weighted by Gasteiger charge is 2.01. The fourth-order valence-corrected chi connectivity index (χ4v) is 2.14. The van der Waals surface area contributed by atoms with E-state index in [9.17, 15) is 8.42 Å². The minimum absolute atomic E-state index is 0.210. The molecule has 1 rings (SSSR count). The number of anilines is 2. The number of hydrogen-bond donors (Lipinski definition) is 2. The van der Waals surface area contributed by atoms with Gasteiger partial charge < -0.3 is 10.6 Å². The summed E-state index contributed by atoms with van der Waals surface area (Å²) in [7, 11) is -2.87. The molecule has 0 atom stereocenters. The molecule has 18 heavy (non-hydrogen) atoms. The van der Waals surface area contributed by atoms with Gasteiger partial charge in [-0.3, -0.25) is 4.98 Å². The van der Waals surface area contributed by atoms with E-state index >= 15 is 0 Å². The summed E-state index contributed by atoms with van der Waals surface area (Å²) in [6.45, 7) is 3.65. The molecule has 0 radical (unpaired) electrons. The van der Waals surface area contributed by atoms with E-state index in [2.05, 4.69) is 22.5 Å². The first-order valence-electron chi connectivity index (χ1n) is 6.12. The van der Waals surface area contributed by atoms with Crippen LogP contribution in [-0.2, 0) is 9.84 Å². The number of nitrogens with zero attached hydrogens (tertiary/aromatic N) is 1. The molecule has 0 aromatic carbocycles. The van der Waals surface area contributed by atoms with Crippen LogP contribution in [0.5, 0.6) is 0 Å². The molecule has 1 aromatic heterocycles.